The number of nitrogens with two attached hydrogens (primary N) is 1. The largest absolute Gasteiger partial charge is 0.369 e. The number of carbonyl (C=O) groups excluding carboxylic acids is 1. The Kier molecular flexibility index (Phi) is 3.28. The van der Waals surface area contributed by atoms with E-state index in [-0.39, 0.29) is 11.6 Å². The summed E-state index contributed by atoms with van der Waals surface area (Å²) >= 11 is 0. The van der Waals surface area contributed by atoms with Crippen LogP contribution in [0.25, 0.3) is 16.6 Å². The summed E-state index contributed by atoms with van der Waals surface area (Å²) in [7, 11) is 0. The lowest BCUT2D eigenvalue weighted by molar-refractivity contribution is -0.122. The van der Waals surface area contributed by atoms with Crippen molar-refractivity contribution < 1.29 is 4.79 Å². The lowest BCUT2D eigenvalue weighted by atomic mass is 9.88. The van der Waals surface area contributed by atoms with Crippen molar-refractivity contribution >= 4 is 22.5 Å². The number of fused-ring (bicyclic) bond motifs is 3. The van der Waals surface area contributed by atoms with Crippen molar-refractivity contribution in [3.05, 3.63) is 46.6 Å². The van der Waals surface area contributed by atoms with Gasteiger partial charge in [-0.1, -0.05) is 12.1 Å². The van der Waals surface area contributed by atoms with Gasteiger partial charge in [0.2, 0.25) is 5.91 Å². The monoisotopic (exact) mass is 312 g/mol. The molecule has 0 aliphatic heterocycles. The quantitative estimate of drug-likeness (QED) is 0.803. The summed E-state index contributed by atoms with van der Waals surface area (Å²) in [5, 5.41) is 0. The Balaban J connectivity index is 2.56. The molecule has 2 aromatic heterocycles. The Bertz CT molecular complexity index is 979. The van der Waals surface area contributed by atoms with Gasteiger partial charge in [-0.25, -0.2) is 4.98 Å². The minimum Gasteiger partial charge on any atom is -0.369 e. The average molecular weight is 312 g/mol. The van der Waals surface area contributed by atoms with Crippen LogP contribution in [0.4, 0.5) is 0 Å². The van der Waals surface area contributed by atoms with E-state index in [4.69, 9.17) is 5.73 Å². The molecular formula is C17H20N4O2. The third-order valence-corrected chi connectivity index (χ3v) is 4.31. The van der Waals surface area contributed by atoms with Crippen LogP contribution < -0.4 is 11.3 Å². The summed E-state index contributed by atoms with van der Waals surface area (Å²) in [4.78, 5) is 29.3. The second-order valence-corrected chi connectivity index (χ2v) is 6.56. The Hall–Kier alpha value is -2.63. The maximum absolute atomic E-state index is 13.1. The molecule has 0 saturated carbocycles. The zero-order valence-corrected chi connectivity index (χ0v) is 13.7. The Morgan fingerprint density at radius 3 is 2.39 bits per heavy atom. The highest BCUT2D eigenvalue weighted by molar-refractivity contribution is 5.88. The first-order chi connectivity index (χ1) is 10.8. The number of amides is 1. The molecule has 3 aromatic rings. The minimum absolute atomic E-state index is 0.0168. The van der Waals surface area contributed by atoms with E-state index in [0.717, 1.165) is 11.0 Å². The normalized spacial score (nSPS) is 12.4. The molecule has 6 nitrogen and oxygen atoms in total. The highest BCUT2D eigenvalue weighted by atomic mass is 16.1. The third kappa shape index (κ3) is 2.05. The number of nitrogens with zero attached hydrogens (tertiary/aromatic N) is 3. The molecule has 0 radical (unpaired) electrons. The number of primary amides is 1. The molecule has 1 amide bonds. The van der Waals surface area contributed by atoms with Crippen molar-refractivity contribution in [1.82, 2.24) is 14.0 Å². The summed E-state index contributed by atoms with van der Waals surface area (Å²) in [6.45, 7) is 7.29. The number of hydrogen-bond donors (Lipinski definition) is 1. The van der Waals surface area contributed by atoms with E-state index in [2.05, 4.69) is 4.98 Å². The first-order valence-corrected chi connectivity index (χ1v) is 7.57. The SMILES string of the molecule is CC(C)n1c(=O)c2c(C(C)(C)C(N)=O)ncn2c2ccccc21. The summed E-state index contributed by atoms with van der Waals surface area (Å²) in [6, 6.07) is 7.64. The zero-order chi connectivity index (χ0) is 16.9. The number of carbonyl (C=O) groups is 1. The molecule has 0 aliphatic carbocycles. The van der Waals surface area contributed by atoms with Gasteiger partial charge in [0.15, 0.2) is 0 Å². The van der Waals surface area contributed by atoms with Gasteiger partial charge in [-0.2, -0.15) is 0 Å². The maximum atomic E-state index is 13.1. The first kappa shape index (κ1) is 15.3. The van der Waals surface area contributed by atoms with Gasteiger partial charge in [-0.05, 0) is 39.8 Å². The van der Waals surface area contributed by atoms with E-state index in [1.54, 1.807) is 29.1 Å². The smallest absolute Gasteiger partial charge is 0.277 e. The van der Waals surface area contributed by atoms with E-state index >= 15 is 0 Å². The van der Waals surface area contributed by atoms with Gasteiger partial charge >= 0.3 is 0 Å². The van der Waals surface area contributed by atoms with E-state index in [0.29, 0.717) is 11.2 Å². The fourth-order valence-corrected chi connectivity index (χ4v) is 2.92. The van der Waals surface area contributed by atoms with Gasteiger partial charge in [0.25, 0.3) is 5.56 Å². The van der Waals surface area contributed by atoms with Crippen molar-refractivity contribution in [3.8, 4) is 0 Å². The second-order valence-electron chi connectivity index (χ2n) is 6.56. The Labute approximate surface area is 133 Å². The first-order valence-electron chi connectivity index (χ1n) is 7.57. The summed E-state index contributed by atoms with van der Waals surface area (Å²) in [5.41, 5.74) is 6.85. The fourth-order valence-electron chi connectivity index (χ4n) is 2.92. The van der Waals surface area contributed by atoms with Crippen LogP contribution in [-0.2, 0) is 10.2 Å². The number of benzene rings is 1. The molecule has 120 valence electrons. The molecule has 2 N–H and O–H groups in total. The predicted molar refractivity (Wildman–Crippen MR) is 89.6 cm³/mol. The van der Waals surface area contributed by atoms with Crippen molar-refractivity contribution in [2.24, 2.45) is 5.73 Å². The molecule has 3 rings (SSSR count). The van der Waals surface area contributed by atoms with Crippen molar-refractivity contribution in [2.45, 2.75) is 39.2 Å². The number of aromatic nitrogens is 3. The van der Waals surface area contributed by atoms with Crippen LogP contribution in [0.5, 0.6) is 0 Å². The lowest BCUT2D eigenvalue weighted by Crippen LogP contribution is -2.37. The number of hydrogen-bond acceptors (Lipinski definition) is 3. The average Bonchev–Trinajstić information content (AvgIpc) is 2.93. The molecule has 0 atom stereocenters. The molecule has 2 heterocycles. The molecular weight excluding hydrogens is 292 g/mol. The highest BCUT2D eigenvalue weighted by Crippen LogP contribution is 2.27. The van der Waals surface area contributed by atoms with Crippen LogP contribution >= 0.6 is 0 Å². The summed E-state index contributed by atoms with van der Waals surface area (Å²) in [6.07, 6.45) is 1.59. The number of imidazole rings is 1. The second kappa shape index (κ2) is 4.94. The van der Waals surface area contributed by atoms with E-state index in [1.807, 2.05) is 38.1 Å². The summed E-state index contributed by atoms with van der Waals surface area (Å²) in [5.74, 6) is -0.512. The van der Waals surface area contributed by atoms with Crippen molar-refractivity contribution in [3.63, 3.8) is 0 Å². The highest BCUT2D eigenvalue weighted by Gasteiger charge is 2.33. The van der Waals surface area contributed by atoms with Gasteiger partial charge < -0.3 is 10.3 Å². The van der Waals surface area contributed by atoms with Gasteiger partial charge in [-0.3, -0.25) is 14.0 Å². The molecule has 6 heteroatoms. The standard InChI is InChI=1S/C17H20N4O2/c1-10(2)21-12-8-6-5-7-11(12)20-9-19-14(13(20)15(21)22)17(3,4)16(18)23/h5-10H,1-4H3,(H2,18,23). The van der Waals surface area contributed by atoms with Crippen LogP contribution in [0, 0.1) is 0 Å². The van der Waals surface area contributed by atoms with Crippen LogP contribution in [0.2, 0.25) is 0 Å². The lowest BCUT2D eigenvalue weighted by Gasteiger charge is -2.20. The van der Waals surface area contributed by atoms with Gasteiger partial charge in [0.05, 0.1) is 22.1 Å². The molecule has 1 aromatic carbocycles. The maximum Gasteiger partial charge on any atom is 0.277 e. The molecule has 0 saturated heterocycles. The van der Waals surface area contributed by atoms with Crippen LogP contribution in [0.15, 0.2) is 35.4 Å². The zero-order valence-electron chi connectivity index (χ0n) is 13.7. The van der Waals surface area contributed by atoms with E-state index in [9.17, 15) is 9.59 Å². The van der Waals surface area contributed by atoms with Crippen LogP contribution in [-0.4, -0.2) is 19.9 Å². The van der Waals surface area contributed by atoms with Crippen molar-refractivity contribution in [2.75, 3.05) is 0 Å². The molecule has 0 unspecified atom stereocenters. The van der Waals surface area contributed by atoms with Crippen molar-refractivity contribution in [1.29, 1.82) is 0 Å². The number of para-hydroxylation sites is 2. The predicted octanol–water partition coefficient (Wildman–Crippen LogP) is 1.99. The topological polar surface area (TPSA) is 82.4 Å². The molecule has 23 heavy (non-hydrogen) atoms. The molecule has 0 bridgehead atoms. The molecule has 0 aliphatic rings. The Morgan fingerprint density at radius 2 is 1.83 bits per heavy atom. The van der Waals surface area contributed by atoms with Crippen LogP contribution in [0.1, 0.15) is 39.4 Å². The minimum atomic E-state index is -1.02. The van der Waals surface area contributed by atoms with E-state index in [1.165, 1.54) is 0 Å². The van der Waals surface area contributed by atoms with Gasteiger partial charge in [0.1, 0.15) is 11.8 Å². The summed E-state index contributed by atoms with van der Waals surface area (Å²) < 4.78 is 3.48. The van der Waals surface area contributed by atoms with E-state index < -0.39 is 11.3 Å². The van der Waals surface area contributed by atoms with Crippen LogP contribution in [0.3, 0.4) is 0 Å². The third-order valence-electron chi connectivity index (χ3n) is 4.31. The molecule has 0 fully saturated rings. The van der Waals surface area contributed by atoms with Gasteiger partial charge in [-0.15, -0.1) is 0 Å². The molecule has 0 spiro atoms. The fraction of sp³-hybridized carbons (Fsp3) is 0.353. The van der Waals surface area contributed by atoms with Gasteiger partial charge in [0, 0.05) is 6.04 Å². The number of rotatable bonds is 3. The Morgan fingerprint density at radius 1 is 1.22 bits per heavy atom.